The molecule has 27 heavy (non-hydrogen) atoms. The molecule has 0 saturated heterocycles. The minimum atomic E-state index is -0.0143. The van der Waals surface area contributed by atoms with Crippen LogP contribution in [0.3, 0.4) is 0 Å². The Hall–Kier alpha value is -2.14. The van der Waals surface area contributed by atoms with Crippen molar-refractivity contribution < 1.29 is 4.79 Å². The first-order valence-corrected chi connectivity index (χ1v) is 10.2. The summed E-state index contributed by atoms with van der Waals surface area (Å²) in [5, 5.41) is 7.71. The maximum atomic E-state index is 13.0. The summed E-state index contributed by atoms with van der Waals surface area (Å²) in [7, 11) is 4.28. The zero-order chi connectivity index (χ0) is 19.3. The van der Waals surface area contributed by atoms with E-state index >= 15 is 0 Å². The summed E-state index contributed by atoms with van der Waals surface area (Å²) in [5.74, 6) is -0.0143. The largest absolute Gasteiger partial charge is 0.350 e. The number of hydrogen-bond donors (Lipinski definition) is 1. The normalized spacial score (nSPS) is 16.9. The molecule has 0 bridgehead atoms. The first-order valence-electron chi connectivity index (χ1n) is 10.2. The molecule has 5 heteroatoms. The van der Waals surface area contributed by atoms with Gasteiger partial charge in [0.25, 0.3) is 5.91 Å². The van der Waals surface area contributed by atoms with Crippen LogP contribution in [0.25, 0.3) is 5.69 Å². The molecule has 146 valence electrons. The second-order valence-electron chi connectivity index (χ2n) is 7.82. The zero-order valence-electron chi connectivity index (χ0n) is 16.9. The lowest BCUT2D eigenvalue weighted by atomic mass is 9.88. The van der Waals surface area contributed by atoms with Gasteiger partial charge in [0.1, 0.15) is 0 Å². The van der Waals surface area contributed by atoms with E-state index in [2.05, 4.69) is 36.3 Å². The third kappa shape index (κ3) is 4.24. The molecule has 5 nitrogen and oxygen atoms in total. The van der Waals surface area contributed by atoms with Gasteiger partial charge < -0.3 is 10.2 Å². The number of carbonyl (C=O) groups is 1. The molecule has 1 aromatic carbocycles. The number of benzene rings is 1. The number of amides is 1. The van der Waals surface area contributed by atoms with Gasteiger partial charge in [-0.2, -0.15) is 5.10 Å². The van der Waals surface area contributed by atoms with E-state index in [-0.39, 0.29) is 11.4 Å². The highest BCUT2D eigenvalue weighted by Gasteiger charge is 2.33. The van der Waals surface area contributed by atoms with Crippen LogP contribution in [-0.4, -0.2) is 46.8 Å². The molecule has 0 radical (unpaired) electrons. The molecule has 3 rings (SSSR count). The Labute approximate surface area is 162 Å². The molecule has 1 saturated carbocycles. The molecule has 1 heterocycles. The average Bonchev–Trinajstić information content (AvgIpc) is 2.97. The van der Waals surface area contributed by atoms with E-state index < -0.39 is 0 Å². The molecule has 1 amide bonds. The van der Waals surface area contributed by atoms with Gasteiger partial charge in [-0.05, 0) is 45.5 Å². The lowest BCUT2D eigenvalue weighted by Crippen LogP contribution is -2.52. The Balaban J connectivity index is 1.77. The molecular weight excluding hydrogens is 336 g/mol. The van der Waals surface area contributed by atoms with E-state index in [1.54, 1.807) is 6.20 Å². The van der Waals surface area contributed by atoms with Crippen molar-refractivity contribution in [1.82, 2.24) is 20.0 Å². The number of hydrogen-bond acceptors (Lipinski definition) is 3. The summed E-state index contributed by atoms with van der Waals surface area (Å²) in [4.78, 5) is 15.3. The van der Waals surface area contributed by atoms with Crippen LogP contribution in [0.2, 0.25) is 0 Å². The van der Waals surface area contributed by atoms with Crippen LogP contribution in [0, 0.1) is 0 Å². The number of rotatable bonds is 6. The molecule has 1 fully saturated rings. The predicted octanol–water partition coefficient (Wildman–Crippen LogP) is 3.82. The van der Waals surface area contributed by atoms with Crippen LogP contribution >= 0.6 is 0 Å². The van der Waals surface area contributed by atoms with Crippen LogP contribution in [0.1, 0.15) is 61.5 Å². The van der Waals surface area contributed by atoms with Crippen LogP contribution in [-0.2, 0) is 6.42 Å². The van der Waals surface area contributed by atoms with Crippen molar-refractivity contribution in [3.63, 3.8) is 0 Å². The van der Waals surface area contributed by atoms with Crippen molar-refractivity contribution in [2.45, 2.75) is 57.4 Å². The molecule has 1 aliphatic carbocycles. The van der Waals surface area contributed by atoms with Gasteiger partial charge in [-0.15, -0.1) is 0 Å². The van der Waals surface area contributed by atoms with E-state index in [1.165, 1.54) is 25.7 Å². The SMILES string of the molecule is CCc1c(C(=O)NCC2(N(C)C)CCCCCC2)cnn1-c1ccccc1. The van der Waals surface area contributed by atoms with E-state index in [4.69, 9.17) is 0 Å². The lowest BCUT2D eigenvalue weighted by Gasteiger charge is -2.39. The van der Waals surface area contributed by atoms with Gasteiger partial charge in [0.2, 0.25) is 0 Å². The van der Waals surface area contributed by atoms with Gasteiger partial charge in [-0.1, -0.05) is 50.8 Å². The van der Waals surface area contributed by atoms with Crippen LogP contribution in [0.15, 0.2) is 36.5 Å². The number of aromatic nitrogens is 2. The van der Waals surface area contributed by atoms with E-state index in [1.807, 2.05) is 35.0 Å². The lowest BCUT2D eigenvalue weighted by molar-refractivity contribution is 0.0868. The summed E-state index contributed by atoms with van der Waals surface area (Å²) >= 11 is 0. The summed E-state index contributed by atoms with van der Waals surface area (Å²) in [5.41, 5.74) is 2.69. The van der Waals surface area contributed by atoms with Crippen molar-refractivity contribution in [2.75, 3.05) is 20.6 Å². The smallest absolute Gasteiger partial charge is 0.254 e. The summed E-state index contributed by atoms with van der Waals surface area (Å²) in [6.45, 7) is 2.76. The standard InChI is InChI=1S/C22H32N4O/c1-4-20-19(16-24-26(20)18-12-8-7-9-13-18)21(27)23-17-22(25(2)3)14-10-5-6-11-15-22/h7-9,12-13,16H,4-6,10-11,14-15,17H2,1-3H3,(H,23,27). The Morgan fingerprint density at radius 3 is 2.41 bits per heavy atom. The number of nitrogens with one attached hydrogen (secondary N) is 1. The van der Waals surface area contributed by atoms with E-state index in [9.17, 15) is 4.79 Å². The second kappa shape index (κ2) is 8.70. The zero-order valence-corrected chi connectivity index (χ0v) is 16.9. The van der Waals surface area contributed by atoms with Gasteiger partial charge in [0, 0.05) is 12.1 Å². The van der Waals surface area contributed by atoms with Gasteiger partial charge >= 0.3 is 0 Å². The maximum absolute atomic E-state index is 13.0. The molecule has 0 aliphatic heterocycles. The summed E-state index contributed by atoms with van der Waals surface area (Å²) in [6, 6.07) is 9.99. The third-order valence-corrected chi connectivity index (χ3v) is 6.01. The fraction of sp³-hybridized carbons (Fsp3) is 0.545. The molecule has 0 unspecified atom stereocenters. The van der Waals surface area contributed by atoms with Crippen LogP contribution < -0.4 is 5.32 Å². The first-order chi connectivity index (χ1) is 13.1. The van der Waals surface area contributed by atoms with E-state index in [0.29, 0.717) is 12.1 Å². The predicted molar refractivity (Wildman–Crippen MR) is 109 cm³/mol. The second-order valence-corrected chi connectivity index (χ2v) is 7.82. The fourth-order valence-corrected chi connectivity index (χ4v) is 4.20. The Morgan fingerprint density at radius 1 is 1.15 bits per heavy atom. The minimum absolute atomic E-state index is 0.0143. The Kier molecular flexibility index (Phi) is 6.32. The maximum Gasteiger partial charge on any atom is 0.254 e. The Morgan fingerprint density at radius 2 is 1.81 bits per heavy atom. The molecule has 1 aromatic heterocycles. The van der Waals surface area contributed by atoms with Gasteiger partial charge in [-0.3, -0.25) is 4.79 Å². The van der Waals surface area contributed by atoms with Crippen LogP contribution in [0.4, 0.5) is 0 Å². The molecular formula is C22H32N4O. The van der Waals surface area contributed by atoms with Gasteiger partial charge in [0.05, 0.1) is 23.1 Å². The summed E-state index contributed by atoms with van der Waals surface area (Å²) in [6.07, 6.45) is 9.82. The van der Waals surface area contributed by atoms with Crippen molar-refractivity contribution in [3.8, 4) is 5.69 Å². The number of para-hydroxylation sites is 1. The van der Waals surface area contributed by atoms with Crippen molar-refractivity contribution >= 4 is 5.91 Å². The van der Waals surface area contributed by atoms with Gasteiger partial charge in [0.15, 0.2) is 0 Å². The Bertz CT molecular complexity index is 743. The number of carbonyl (C=O) groups excluding carboxylic acids is 1. The third-order valence-electron chi connectivity index (χ3n) is 6.01. The van der Waals surface area contributed by atoms with E-state index in [0.717, 1.165) is 30.6 Å². The molecule has 0 atom stereocenters. The van der Waals surface area contributed by atoms with Gasteiger partial charge in [-0.25, -0.2) is 4.68 Å². The number of likely N-dealkylation sites (N-methyl/N-ethyl adjacent to an activating group) is 1. The highest BCUT2D eigenvalue weighted by Crippen LogP contribution is 2.30. The van der Waals surface area contributed by atoms with Crippen molar-refractivity contribution in [3.05, 3.63) is 47.8 Å². The fourth-order valence-electron chi connectivity index (χ4n) is 4.20. The molecule has 0 spiro atoms. The summed E-state index contributed by atoms with van der Waals surface area (Å²) < 4.78 is 1.88. The number of nitrogens with zero attached hydrogens (tertiary/aromatic N) is 3. The highest BCUT2D eigenvalue weighted by molar-refractivity contribution is 5.95. The minimum Gasteiger partial charge on any atom is -0.350 e. The van der Waals surface area contributed by atoms with Crippen molar-refractivity contribution in [1.29, 1.82) is 0 Å². The molecule has 1 N–H and O–H groups in total. The average molecular weight is 369 g/mol. The quantitative estimate of drug-likeness (QED) is 0.789. The first kappa shape index (κ1) is 19.6. The monoisotopic (exact) mass is 368 g/mol. The van der Waals surface area contributed by atoms with Crippen LogP contribution in [0.5, 0.6) is 0 Å². The molecule has 1 aliphatic rings. The highest BCUT2D eigenvalue weighted by atomic mass is 16.1. The molecule has 2 aromatic rings. The van der Waals surface area contributed by atoms with Crippen molar-refractivity contribution in [2.24, 2.45) is 0 Å². The topological polar surface area (TPSA) is 50.2 Å².